The first-order valence-electron chi connectivity index (χ1n) is 5.38. The van der Waals surface area contributed by atoms with Gasteiger partial charge in [-0.3, -0.25) is 11.3 Å². The van der Waals surface area contributed by atoms with Gasteiger partial charge in [-0.1, -0.05) is 6.92 Å². The molecule has 1 unspecified atom stereocenters. The standard InChI is InChI=1S/C12H16N2S2/c1-2-10-4-6-16-12(10)11(14-13)7-9-3-5-15-8-9/h3-6,8,11,14H,2,7,13H2,1H3. The van der Waals surface area contributed by atoms with Crippen LogP contribution < -0.4 is 11.3 Å². The fourth-order valence-electron chi connectivity index (χ4n) is 1.82. The smallest absolute Gasteiger partial charge is 0.0596 e. The Morgan fingerprint density at radius 3 is 2.88 bits per heavy atom. The second-order valence-corrected chi connectivity index (χ2v) is 5.45. The van der Waals surface area contributed by atoms with E-state index in [1.54, 1.807) is 22.7 Å². The first kappa shape index (κ1) is 11.8. The number of thiophene rings is 2. The highest BCUT2D eigenvalue weighted by Gasteiger charge is 2.15. The maximum Gasteiger partial charge on any atom is 0.0596 e. The molecule has 0 spiro atoms. The number of aryl methyl sites for hydroxylation is 1. The summed E-state index contributed by atoms with van der Waals surface area (Å²) in [5.74, 6) is 5.66. The Labute approximate surface area is 104 Å². The summed E-state index contributed by atoms with van der Waals surface area (Å²) in [6, 6.07) is 4.59. The van der Waals surface area contributed by atoms with Gasteiger partial charge >= 0.3 is 0 Å². The molecule has 0 aliphatic carbocycles. The van der Waals surface area contributed by atoms with E-state index in [1.807, 2.05) is 0 Å². The zero-order chi connectivity index (χ0) is 11.4. The van der Waals surface area contributed by atoms with E-state index in [4.69, 9.17) is 5.84 Å². The zero-order valence-corrected chi connectivity index (χ0v) is 10.9. The van der Waals surface area contributed by atoms with Crippen molar-refractivity contribution in [3.05, 3.63) is 44.3 Å². The van der Waals surface area contributed by atoms with Crippen LogP contribution in [0.15, 0.2) is 28.3 Å². The highest BCUT2D eigenvalue weighted by Crippen LogP contribution is 2.27. The minimum atomic E-state index is 0.240. The average molecular weight is 252 g/mol. The molecule has 0 saturated heterocycles. The van der Waals surface area contributed by atoms with Crippen LogP contribution in [0.2, 0.25) is 0 Å². The summed E-state index contributed by atoms with van der Waals surface area (Å²) in [6.07, 6.45) is 2.04. The van der Waals surface area contributed by atoms with Crippen molar-refractivity contribution in [2.75, 3.05) is 0 Å². The summed E-state index contributed by atoms with van der Waals surface area (Å²) >= 11 is 3.52. The van der Waals surface area contributed by atoms with Gasteiger partial charge in [0, 0.05) is 4.88 Å². The van der Waals surface area contributed by atoms with Crippen LogP contribution in [0, 0.1) is 0 Å². The molecule has 1 atom stereocenters. The van der Waals surface area contributed by atoms with Crippen LogP contribution in [0.4, 0.5) is 0 Å². The summed E-state index contributed by atoms with van der Waals surface area (Å²) in [4.78, 5) is 1.37. The van der Waals surface area contributed by atoms with Crippen molar-refractivity contribution in [3.63, 3.8) is 0 Å². The van der Waals surface area contributed by atoms with Gasteiger partial charge in [-0.05, 0) is 52.2 Å². The summed E-state index contributed by atoms with van der Waals surface area (Å²) in [5.41, 5.74) is 5.69. The van der Waals surface area contributed by atoms with Gasteiger partial charge in [-0.25, -0.2) is 0 Å². The Morgan fingerprint density at radius 2 is 2.25 bits per heavy atom. The van der Waals surface area contributed by atoms with Crippen molar-refractivity contribution >= 4 is 22.7 Å². The molecule has 3 N–H and O–H groups in total. The van der Waals surface area contributed by atoms with Crippen molar-refractivity contribution < 1.29 is 0 Å². The lowest BCUT2D eigenvalue weighted by atomic mass is 10.0. The number of nitrogens with one attached hydrogen (secondary N) is 1. The molecule has 2 aromatic heterocycles. The molecule has 0 radical (unpaired) electrons. The fourth-order valence-corrected chi connectivity index (χ4v) is 3.56. The van der Waals surface area contributed by atoms with Gasteiger partial charge in [-0.2, -0.15) is 11.3 Å². The van der Waals surface area contributed by atoms with E-state index in [-0.39, 0.29) is 6.04 Å². The number of nitrogens with two attached hydrogens (primary N) is 1. The van der Waals surface area contributed by atoms with Gasteiger partial charge in [0.2, 0.25) is 0 Å². The van der Waals surface area contributed by atoms with Gasteiger partial charge in [-0.15, -0.1) is 11.3 Å². The second-order valence-electron chi connectivity index (χ2n) is 3.72. The topological polar surface area (TPSA) is 38.0 Å². The van der Waals surface area contributed by atoms with Crippen LogP contribution in [-0.4, -0.2) is 0 Å². The van der Waals surface area contributed by atoms with Crippen molar-refractivity contribution in [1.29, 1.82) is 0 Å². The summed E-state index contributed by atoms with van der Waals surface area (Å²) in [6.45, 7) is 2.18. The molecule has 0 aliphatic rings. The van der Waals surface area contributed by atoms with E-state index in [0.29, 0.717) is 0 Å². The molecular formula is C12H16N2S2. The van der Waals surface area contributed by atoms with Crippen molar-refractivity contribution in [1.82, 2.24) is 5.43 Å². The van der Waals surface area contributed by atoms with Crippen LogP contribution in [-0.2, 0) is 12.8 Å². The van der Waals surface area contributed by atoms with E-state index < -0.39 is 0 Å². The molecule has 4 heteroatoms. The molecule has 86 valence electrons. The molecule has 0 bridgehead atoms. The second kappa shape index (κ2) is 5.59. The molecule has 2 rings (SSSR count). The van der Waals surface area contributed by atoms with E-state index in [1.165, 1.54) is 16.0 Å². The maximum absolute atomic E-state index is 5.66. The van der Waals surface area contributed by atoms with Gasteiger partial charge in [0.05, 0.1) is 6.04 Å². The molecule has 0 amide bonds. The quantitative estimate of drug-likeness (QED) is 0.634. The normalized spacial score (nSPS) is 12.9. The molecule has 0 aromatic carbocycles. The van der Waals surface area contributed by atoms with Crippen LogP contribution in [0.5, 0.6) is 0 Å². The number of hydrazine groups is 1. The average Bonchev–Trinajstić information content (AvgIpc) is 2.96. The third-order valence-corrected chi connectivity index (χ3v) is 4.50. The van der Waals surface area contributed by atoms with E-state index in [2.05, 4.69) is 40.6 Å². The predicted octanol–water partition coefficient (Wildman–Crippen LogP) is 3.12. The van der Waals surface area contributed by atoms with Gasteiger partial charge in [0.25, 0.3) is 0 Å². The predicted molar refractivity (Wildman–Crippen MR) is 71.8 cm³/mol. The number of hydrogen-bond acceptors (Lipinski definition) is 4. The Kier molecular flexibility index (Phi) is 4.12. The first-order chi connectivity index (χ1) is 7.85. The molecule has 0 fully saturated rings. The molecule has 2 aromatic rings. The first-order valence-corrected chi connectivity index (χ1v) is 7.20. The van der Waals surface area contributed by atoms with Crippen LogP contribution in [0.25, 0.3) is 0 Å². The molecule has 2 nitrogen and oxygen atoms in total. The SMILES string of the molecule is CCc1ccsc1C(Cc1ccsc1)NN. The summed E-state index contributed by atoms with van der Waals surface area (Å²) in [7, 11) is 0. The third kappa shape index (κ3) is 2.52. The van der Waals surface area contributed by atoms with Crippen LogP contribution in [0.3, 0.4) is 0 Å². The third-order valence-electron chi connectivity index (χ3n) is 2.70. The Hall–Kier alpha value is -0.680. The van der Waals surface area contributed by atoms with E-state index in [9.17, 15) is 0 Å². The largest absolute Gasteiger partial charge is 0.271 e. The minimum Gasteiger partial charge on any atom is -0.271 e. The summed E-state index contributed by atoms with van der Waals surface area (Å²) in [5, 5.41) is 6.44. The Balaban J connectivity index is 2.16. The van der Waals surface area contributed by atoms with Crippen molar-refractivity contribution in [2.45, 2.75) is 25.8 Å². The van der Waals surface area contributed by atoms with Crippen LogP contribution in [0.1, 0.15) is 29.0 Å². The van der Waals surface area contributed by atoms with Crippen molar-refractivity contribution in [2.24, 2.45) is 5.84 Å². The zero-order valence-electron chi connectivity index (χ0n) is 9.27. The highest BCUT2D eigenvalue weighted by atomic mass is 32.1. The van der Waals surface area contributed by atoms with Crippen LogP contribution >= 0.6 is 22.7 Å². The lowest BCUT2D eigenvalue weighted by Gasteiger charge is -2.15. The molecule has 0 saturated carbocycles. The van der Waals surface area contributed by atoms with Gasteiger partial charge in [0.1, 0.15) is 0 Å². The van der Waals surface area contributed by atoms with Gasteiger partial charge in [0.15, 0.2) is 0 Å². The van der Waals surface area contributed by atoms with E-state index in [0.717, 1.165) is 12.8 Å². The fraction of sp³-hybridized carbons (Fsp3) is 0.333. The maximum atomic E-state index is 5.66. The lowest BCUT2D eigenvalue weighted by molar-refractivity contribution is 0.557. The Bertz CT molecular complexity index is 420. The lowest BCUT2D eigenvalue weighted by Crippen LogP contribution is -2.29. The van der Waals surface area contributed by atoms with Crippen molar-refractivity contribution in [3.8, 4) is 0 Å². The molecular weight excluding hydrogens is 236 g/mol. The van der Waals surface area contributed by atoms with E-state index >= 15 is 0 Å². The van der Waals surface area contributed by atoms with Gasteiger partial charge < -0.3 is 0 Å². The molecule has 16 heavy (non-hydrogen) atoms. The minimum absolute atomic E-state index is 0.240. The summed E-state index contributed by atoms with van der Waals surface area (Å²) < 4.78 is 0. The Morgan fingerprint density at radius 1 is 1.38 bits per heavy atom. The monoisotopic (exact) mass is 252 g/mol. The number of rotatable bonds is 5. The molecule has 0 aliphatic heterocycles. The molecule has 2 heterocycles. The highest BCUT2D eigenvalue weighted by molar-refractivity contribution is 7.10. The number of hydrogen-bond donors (Lipinski definition) is 2.